The lowest BCUT2D eigenvalue weighted by molar-refractivity contribution is 0.361. The first-order valence-corrected chi connectivity index (χ1v) is 7.08. The molecule has 2 nitrogen and oxygen atoms in total. The topological polar surface area (TPSA) is 21.3 Å². The molecule has 0 heterocycles. The van der Waals surface area contributed by atoms with E-state index in [9.17, 15) is 0 Å². The molecular formula is C14H20BrNO. The molecule has 17 heavy (non-hydrogen) atoms. The van der Waals surface area contributed by atoms with Crippen molar-refractivity contribution in [3.05, 3.63) is 22.7 Å². The van der Waals surface area contributed by atoms with E-state index in [1.54, 1.807) is 7.11 Å². The van der Waals surface area contributed by atoms with Crippen LogP contribution in [0.1, 0.15) is 32.6 Å². The minimum absolute atomic E-state index is 0.622. The van der Waals surface area contributed by atoms with Gasteiger partial charge in [0.1, 0.15) is 5.75 Å². The second-order valence-electron chi connectivity index (χ2n) is 4.95. The maximum Gasteiger partial charge on any atom is 0.135 e. The van der Waals surface area contributed by atoms with Crippen LogP contribution in [0.25, 0.3) is 0 Å². The predicted molar refractivity (Wildman–Crippen MR) is 75.7 cm³/mol. The number of methoxy groups -OCH3 is 1. The maximum atomic E-state index is 5.30. The fourth-order valence-corrected chi connectivity index (χ4v) is 2.80. The van der Waals surface area contributed by atoms with E-state index in [0.717, 1.165) is 21.8 Å². The highest BCUT2D eigenvalue weighted by atomic mass is 79.9. The van der Waals surface area contributed by atoms with Gasteiger partial charge in [-0.3, -0.25) is 0 Å². The van der Waals surface area contributed by atoms with E-state index in [2.05, 4.69) is 40.3 Å². The van der Waals surface area contributed by atoms with E-state index < -0.39 is 0 Å². The van der Waals surface area contributed by atoms with E-state index in [1.165, 1.54) is 25.7 Å². The fraction of sp³-hybridized carbons (Fsp3) is 0.571. The zero-order valence-corrected chi connectivity index (χ0v) is 12.1. The first-order valence-electron chi connectivity index (χ1n) is 6.29. The Kier molecular flexibility index (Phi) is 4.32. The van der Waals surface area contributed by atoms with Crippen LogP contribution in [-0.4, -0.2) is 13.2 Å². The number of anilines is 1. The van der Waals surface area contributed by atoms with Crippen LogP contribution < -0.4 is 10.1 Å². The van der Waals surface area contributed by atoms with Crippen molar-refractivity contribution in [2.75, 3.05) is 12.4 Å². The Morgan fingerprint density at radius 1 is 1.24 bits per heavy atom. The number of ether oxygens (including phenoxy) is 1. The van der Waals surface area contributed by atoms with Crippen molar-refractivity contribution in [2.24, 2.45) is 5.92 Å². The average molecular weight is 298 g/mol. The molecular weight excluding hydrogens is 278 g/mol. The number of halogens is 1. The van der Waals surface area contributed by atoms with Crippen LogP contribution in [0, 0.1) is 5.92 Å². The highest BCUT2D eigenvalue weighted by Crippen LogP contribution is 2.30. The van der Waals surface area contributed by atoms with Gasteiger partial charge in [0.05, 0.1) is 11.6 Å². The van der Waals surface area contributed by atoms with E-state index >= 15 is 0 Å². The van der Waals surface area contributed by atoms with Gasteiger partial charge in [-0.15, -0.1) is 0 Å². The molecule has 1 aliphatic carbocycles. The lowest BCUT2D eigenvalue weighted by Gasteiger charge is -2.27. The molecule has 0 spiro atoms. The summed E-state index contributed by atoms with van der Waals surface area (Å²) in [7, 11) is 1.70. The van der Waals surface area contributed by atoms with E-state index in [-0.39, 0.29) is 0 Å². The number of hydrogen-bond donors (Lipinski definition) is 1. The van der Waals surface area contributed by atoms with Gasteiger partial charge in [0.25, 0.3) is 0 Å². The van der Waals surface area contributed by atoms with Gasteiger partial charge < -0.3 is 10.1 Å². The third-order valence-corrected chi connectivity index (χ3v) is 4.19. The van der Waals surface area contributed by atoms with Gasteiger partial charge in [-0.2, -0.15) is 0 Å². The summed E-state index contributed by atoms with van der Waals surface area (Å²) in [6, 6.07) is 6.82. The standard InChI is InChI=1S/C14H20BrNO/c1-10-3-5-11(6-4-10)16-12-7-8-13(15)14(9-12)17-2/h7-11,16H,3-6H2,1-2H3. The minimum Gasteiger partial charge on any atom is -0.495 e. The molecule has 1 fully saturated rings. The first-order chi connectivity index (χ1) is 8.19. The van der Waals surface area contributed by atoms with Crippen LogP contribution in [0.5, 0.6) is 5.75 Å². The van der Waals surface area contributed by atoms with Gasteiger partial charge >= 0.3 is 0 Å². The summed E-state index contributed by atoms with van der Waals surface area (Å²) in [4.78, 5) is 0. The Bertz CT molecular complexity index is 372. The molecule has 1 aromatic carbocycles. The average Bonchev–Trinajstić information content (AvgIpc) is 2.34. The molecule has 1 aromatic rings. The molecule has 0 amide bonds. The molecule has 0 atom stereocenters. The summed E-state index contributed by atoms with van der Waals surface area (Å²) in [5, 5.41) is 3.60. The van der Waals surface area contributed by atoms with Crippen molar-refractivity contribution < 1.29 is 4.74 Å². The number of rotatable bonds is 3. The molecule has 0 saturated heterocycles. The smallest absolute Gasteiger partial charge is 0.135 e. The lowest BCUT2D eigenvalue weighted by Crippen LogP contribution is -2.25. The van der Waals surface area contributed by atoms with E-state index in [4.69, 9.17) is 4.74 Å². The van der Waals surface area contributed by atoms with Gasteiger partial charge in [-0.1, -0.05) is 6.92 Å². The largest absolute Gasteiger partial charge is 0.495 e. The second kappa shape index (κ2) is 5.76. The highest BCUT2D eigenvalue weighted by molar-refractivity contribution is 9.10. The van der Waals surface area contributed by atoms with Crippen molar-refractivity contribution in [3.8, 4) is 5.75 Å². The van der Waals surface area contributed by atoms with Crippen LogP contribution in [0.2, 0.25) is 0 Å². The Morgan fingerprint density at radius 2 is 1.94 bits per heavy atom. The predicted octanol–water partition coefficient (Wildman–Crippen LogP) is 4.45. The lowest BCUT2D eigenvalue weighted by atomic mass is 9.87. The fourth-order valence-electron chi connectivity index (χ4n) is 2.39. The van der Waals surface area contributed by atoms with Crippen LogP contribution in [0.15, 0.2) is 22.7 Å². The summed E-state index contributed by atoms with van der Waals surface area (Å²) in [6.07, 6.45) is 5.23. The van der Waals surface area contributed by atoms with Gasteiger partial charge in [0, 0.05) is 17.8 Å². The molecule has 2 rings (SSSR count). The van der Waals surface area contributed by atoms with Crippen LogP contribution in [0.3, 0.4) is 0 Å². The van der Waals surface area contributed by atoms with Gasteiger partial charge in [-0.05, 0) is 59.7 Å². The van der Waals surface area contributed by atoms with Crippen molar-refractivity contribution in [2.45, 2.75) is 38.6 Å². The molecule has 0 unspecified atom stereocenters. The van der Waals surface area contributed by atoms with Crippen molar-refractivity contribution >= 4 is 21.6 Å². The van der Waals surface area contributed by atoms with Crippen LogP contribution in [-0.2, 0) is 0 Å². The molecule has 1 aliphatic rings. The molecule has 0 aromatic heterocycles. The van der Waals surface area contributed by atoms with E-state index in [0.29, 0.717) is 6.04 Å². The Labute approximate surface area is 112 Å². The van der Waals surface area contributed by atoms with Crippen molar-refractivity contribution in [3.63, 3.8) is 0 Å². The maximum absolute atomic E-state index is 5.30. The van der Waals surface area contributed by atoms with Gasteiger partial charge in [0.2, 0.25) is 0 Å². The van der Waals surface area contributed by atoms with Crippen molar-refractivity contribution in [1.29, 1.82) is 0 Å². The van der Waals surface area contributed by atoms with Gasteiger partial charge in [0.15, 0.2) is 0 Å². The quantitative estimate of drug-likeness (QED) is 0.890. The molecule has 0 radical (unpaired) electrons. The first kappa shape index (κ1) is 12.7. The van der Waals surface area contributed by atoms with Gasteiger partial charge in [-0.25, -0.2) is 0 Å². The Morgan fingerprint density at radius 3 is 2.59 bits per heavy atom. The molecule has 0 bridgehead atoms. The zero-order valence-electron chi connectivity index (χ0n) is 10.5. The summed E-state index contributed by atoms with van der Waals surface area (Å²) >= 11 is 3.47. The minimum atomic E-state index is 0.622. The summed E-state index contributed by atoms with van der Waals surface area (Å²) in [5.74, 6) is 1.78. The van der Waals surface area contributed by atoms with Crippen molar-refractivity contribution in [1.82, 2.24) is 0 Å². The molecule has 0 aliphatic heterocycles. The van der Waals surface area contributed by atoms with Crippen LogP contribution in [0.4, 0.5) is 5.69 Å². The monoisotopic (exact) mass is 297 g/mol. The Balaban J connectivity index is 1.99. The van der Waals surface area contributed by atoms with Crippen LogP contribution >= 0.6 is 15.9 Å². The number of nitrogens with one attached hydrogen (secondary N) is 1. The number of benzene rings is 1. The molecule has 1 saturated carbocycles. The number of hydrogen-bond acceptors (Lipinski definition) is 2. The Hall–Kier alpha value is -0.700. The molecule has 94 valence electrons. The normalized spacial score (nSPS) is 24.4. The third-order valence-electron chi connectivity index (χ3n) is 3.54. The third kappa shape index (κ3) is 3.38. The highest BCUT2D eigenvalue weighted by Gasteiger charge is 2.18. The summed E-state index contributed by atoms with van der Waals surface area (Å²) < 4.78 is 6.31. The molecule has 1 N–H and O–H groups in total. The molecule has 3 heteroatoms. The summed E-state index contributed by atoms with van der Waals surface area (Å²) in [5.41, 5.74) is 1.16. The second-order valence-corrected chi connectivity index (χ2v) is 5.80. The SMILES string of the molecule is COc1cc(NC2CCC(C)CC2)ccc1Br. The summed E-state index contributed by atoms with van der Waals surface area (Å²) in [6.45, 7) is 2.35. The zero-order chi connectivity index (χ0) is 12.3. The van der Waals surface area contributed by atoms with E-state index in [1.807, 2.05) is 6.07 Å².